The monoisotopic (exact) mass is 426 g/mol. The minimum Gasteiger partial charge on any atom is -0.339 e. The number of hydrogen-bond donors (Lipinski definition) is 0. The molecule has 2 heterocycles. The summed E-state index contributed by atoms with van der Waals surface area (Å²) in [6.45, 7) is 11.1. The minimum absolute atomic E-state index is 0.340. The smallest absolute Gasteiger partial charge is 0.236 e. The second-order valence-corrected chi connectivity index (χ2v) is 9.89. The summed E-state index contributed by atoms with van der Waals surface area (Å²) in [5.41, 5.74) is 1.42. The van der Waals surface area contributed by atoms with Gasteiger partial charge in [0.15, 0.2) is 0 Å². The maximum atomic E-state index is 12.9. The van der Waals surface area contributed by atoms with Crippen LogP contribution in [0.1, 0.15) is 44.1 Å². The Hall–Kier alpha value is -1.43. The first-order valence-electron chi connectivity index (χ1n) is 12.7. The lowest BCUT2D eigenvalue weighted by Gasteiger charge is -2.38. The molecule has 1 saturated carbocycles. The molecule has 0 unspecified atom stereocenters. The molecule has 172 valence electrons. The summed E-state index contributed by atoms with van der Waals surface area (Å²) in [5.74, 6) is 1.23. The van der Waals surface area contributed by atoms with Gasteiger partial charge in [0.2, 0.25) is 5.91 Å². The second kappa shape index (κ2) is 12.0. The van der Waals surface area contributed by atoms with Gasteiger partial charge in [0.05, 0.1) is 6.54 Å². The molecule has 5 nitrogen and oxygen atoms in total. The van der Waals surface area contributed by atoms with E-state index in [-0.39, 0.29) is 0 Å². The van der Waals surface area contributed by atoms with Gasteiger partial charge in [0, 0.05) is 65.4 Å². The van der Waals surface area contributed by atoms with Gasteiger partial charge in [-0.15, -0.1) is 0 Å². The van der Waals surface area contributed by atoms with Gasteiger partial charge in [-0.05, 0) is 30.7 Å². The van der Waals surface area contributed by atoms with Crippen molar-refractivity contribution >= 4 is 5.91 Å². The maximum absolute atomic E-state index is 12.9. The van der Waals surface area contributed by atoms with E-state index in [9.17, 15) is 4.79 Å². The topological polar surface area (TPSA) is 30.0 Å². The number of carbonyl (C=O) groups is 1. The van der Waals surface area contributed by atoms with Gasteiger partial charge >= 0.3 is 0 Å². The van der Waals surface area contributed by atoms with Crippen molar-refractivity contribution in [1.82, 2.24) is 19.6 Å². The molecule has 0 bridgehead atoms. The number of benzene rings is 1. The van der Waals surface area contributed by atoms with Crippen LogP contribution in [0.15, 0.2) is 30.3 Å². The molecule has 3 fully saturated rings. The molecule has 3 aliphatic rings. The van der Waals surface area contributed by atoms with Crippen molar-refractivity contribution in [3.63, 3.8) is 0 Å². The van der Waals surface area contributed by atoms with Crippen LogP contribution in [-0.2, 0) is 11.2 Å². The van der Waals surface area contributed by atoms with Gasteiger partial charge in [0.25, 0.3) is 0 Å². The quantitative estimate of drug-likeness (QED) is 0.627. The Bertz CT molecular complexity index is 643. The Kier molecular flexibility index (Phi) is 8.80. The van der Waals surface area contributed by atoms with Crippen LogP contribution in [0.25, 0.3) is 0 Å². The van der Waals surface area contributed by atoms with E-state index in [1.807, 2.05) is 0 Å². The Morgan fingerprint density at radius 2 is 1.35 bits per heavy atom. The fourth-order valence-corrected chi connectivity index (χ4v) is 5.49. The van der Waals surface area contributed by atoms with Crippen LogP contribution in [-0.4, -0.2) is 97.5 Å². The molecule has 2 saturated heterocycles. The summed E-state index contributed by atoms with van der Waals surface area (Å²) < 4.78 is 0. The molecular weight excluding hydrogens is 384 g/mol. The molecule has 0 atom stereocenters. The minimum atomic E-state index is 0.340. The molecule has 1 aliphatic carbocycles. The van der Waals surface area contributed by atoms with Crippen molar-refractivity contribution in [1.29, 1.82) is 0 Å². The van der Waals surface area contributed by atoms with Crippen molar-refractivity contribution in [2.75, 3.05) is 72.0 Å². The predicted octanol–water partition coefficient (Wildman–Crippen LogP) is 2.96. The maximum Gasteiger partial charge on any atom is 0.236 e. The van der Waals surface area contributed by atoms with Gasteiger partial charge < -0.3 is 9.80 Å². The standard InChI is InChI=1S/C26H42N4O/c31-26(30-20-18-28(19-21-30)22-25-10-4-1-2-5-11-25)23-29-16-14-27(15-17-29)13-12-24-8-6-3-7-9-24/h3,6-9,25H,1-2,4-5,10-23H2. The molecular formula is C26H42N4O. The number of nitrogens with zero attached hydrogens (tertiary/aromatic N) is 4. The van der Waals surface area contributed by atoms with Crippen LogP contribution in [0, 0.1) is 5.92 Å². The first-order valence-corrected chi connectivity index (χ1v) is 12.7. The van der Waals surface area contributed by atoms with Crippen molar-refractivity contribution in [3.8, 4) is 0 Å². The van der Waals surface area contributed by atoms with Crippen LogP contribution < -0.4 is 0 Å². The number of hydrogen-bond acceptors (Lipinski definition) is 4. The summed E-state index contributed by atoms with van der Waals surface area (Å²) in [4.78, 5) is 22.5. The van der Waals surface area contributed by atoms with Crippen molar-refractivity contribution in [2.45, 2.75) is 44.9 Å². The molecule has 1 aromatic carbocycles. The van der Waals surface area contributed by atoms with E-state index in [4.69, 9.17) is 0 Å². The van der Waals surface area contributed by atoms with Crippen molar-refractivity contribution < 1.29 is 4.79 Å². The van der Waals surface area contributed by atoms with Crippen LogP contribution >= 0.6 is 0 Å². The zero-order chi connectivity index (χ0) is 21.3. The number of piperazine rings is 2. The van der Waals surface area contributed by atoms with E-state index in [1.54, 1.807) is 0 Å². The Morgan fingerprint density at radius 3 is 2.03 bits per heavy atom. The highest BCUT2D eigenvalue weighted by Crippen LogP contribution is 2.24. The summed E-state index contributed by atoms with van der Waals surface area (Å²) in [6, 6.07) is 10.7. The highest BCUT2D eigenvalue weighted by molar-refractivity contribution is 5.78. The third kappa shape index (κ3) is 7.30. The highest BCUT2D eigenvalue weighted by Gasteiger charge is 2.26. The molecule has 5 heteroatoms. The molecule has 1 amide bonds. The Balaban J connectivity index is 1.11. The van der Waals surface area contributed by atoms with E-state index < -0.39 is 0 Å². The average molecular weight is 427 g/mol. The molecule has 31 heavy (non-hydrogen) atoms. The van der Waals surface area contributed by atoms with E-state index in [0.717, 1.165) is 71.2 Å². The average Bonchev–Trinajstić information content (AvgIpc) is 3.08. The lowest BCUT2D eigenvalue weighted by molar-refractivity contribution is -0.134. The molecule has 4 rings (SSSR count). The second-order valence-electron chi connectivity index (χ2n) is 9.89. The Morgan fingerprint density at radius 1 is 0.742 bits per heavy atom. The first-order chi connectivity index (χ1) is 15.3. The summed E-state index contributed by atoms with van der Waals surface area (Å²) in [6.07, 6.45) is 9.64. The lowest BCUT2D eigenvalue weighted by Crippen LogP contribution is -2.54. The van der Waals surface area contributed by atoms with E-state index >= 15 is 0 Å². The molecule has 0 radical (unpaired) electrons. The van der Waals surface area contributed by atoms with Gasteiger partial charge in [-0.3, -0.25) is 14.6 Å². The van der Waals surface area contributed by atoms with Crippen LogP contribution in [0.3, 0.4) is 0 Å². The summed E-state index contributed by atoms with van der Waals surface area (Å²) >= 11 is 0. The molecule has 1 aromatic rings. The van der Waals surface area contributed by atoms with Crippen molar-refractivity contribution in [3.05, 3.63) is 35.9 Å². The van der Waals surface area contributed by atoms with Crippen molar-refractivity contribution in [2.24, 2.45) is 5.92 Å². The van der Waals surface area contributed by atoms with Crippen LogP contribution in [0.5, 0.6) is 0 Å². The normalized spacial score (nSPS) is 23.0. The van der Waals surface area contributed by atoms with Gasteiger partial charge in [0.1, 0.15) is 0 Å². The third-order valence-electron chi connectivity index (χ3n) is 7.60. The largest absolute Gasteiger partial charge is 0.339 e. The molecule has 0 aromatic heterocycles. The van der Waals surface area contributed by atoms with Crippen LogP contribution in [0.2, 0.25) is 0 Å². The lowest BCUT2D eigenvalue weighted by atomic mass is 9.99. The molecule has 0 N–H and O–H groups in total. The molecule has 0 spiro atoms. The van der Waals surface area contributed by atoms with Gasteiger partial charge in [-0.25, -0.2) is 0 Å². The zero-order valence-electron chi connectivity index (χ0n) is 19.4. The SMILES string of the molecule is O=C(CN1CCN(CCc2ccccc2)CC1)N1CCN(CC2CCCCCC2)CC1. The zero-order valence-corrected chi connectivity index (χ0v) is 19.4. The molecule has 2 aliphatic heterocycles. The van der Waals surface area contributed by atoms with Crippen LogP contribution in [0.4, 0.5) is 0 Å². The highest BCUT2D eigenvalue weighted by atomic mass is 16.2. The third-order valence-corrected chi connectivity index (χ3v) is 7.60. The number of rotatable bonds is 7. The van der Waals surface area contributed by atoms with Gasteiger partial charge in [-0.2, -0.15) is 0 Å². The number of amides is 1. The fraction of sp³-hybridized carbons (Fsp3) is 0.731. The number of carbonyl (C=O) groups excluding carboxylic acids is 1. The van der Waals surface area contributed by atoms with Gasteiger partial charge in [-0.1, -0.05) is 56.0 Å². The fourth-order valence-electron chi connectivity index (χ4n) is 5.49. The predicted molar refractivity (Wildman–Crippen MR) is 127 cm³/mol. The van der Waals surface area contributed by atoms with E-state index in [2.05, 4.69) is 49.9 Å². The summed E-state index contributed by atoms with van der Waals surface area (Å²) in [7, 11) is 0. The Labute approximate surface area is 189 Å². The van der Waals surface area contributed by atoms with E-state index in [1.165, 1.54) is 50.6 Å². The first kappa shape index (κ1) is 22.8. The van der Waals surface area contributed by atoms with E-state index in [0.29, 0.717) is 12.5 Å². The summed E-state index contributed by atoms with van der Waals surface area (Å²) in [5, 5.41) is 0.